The number of aromatic amines is 1. The van der Waals surface area contributed by atoms with Gasteiger partial charge in [-0.05, 0) is 36.5 Å². The fourth-order valence-corrected chi connectivity index (χ4v) is 3.23. The number of nitrogens with one attached hydrogen (secondary N) is 1. The number of imidazole rings is 1. The number of nitrogens with zero attached hydrogens (tertiary/aromatic N) is 2. The number of likely N-dealkylation sites (tertiary alicyclic amines) is 1. The molecule has 122 valence electrons. The van der Waals surface area contributed by atoms with Gasteiger partial charge in [-0.1, -0.05) is 13.8 Å². The van der Waals surface area contributed by atoms with Crippen LogP contribution in [0.1, 0.15) is 30.6 Å². The number of carbonyl (C=O) groups excluding carboxylic acids is 2. The lowest BCUT2D eigenvalue weighted by Crippen LogP contribution is -2.44. The zero-order chi connectivity index (χ0) is 16.4. The van der Waals surface area contributed by atoms with Gasteiger partial charge < -0.3 is 14.6 Å². The molecule has 0 spiro atoms. The Hall–Kier alpha value is -2.37. The highest BCUT2D eigenvalue weighted by molar-refractivity contribution is 5.94. The maximum Gasteiger partial charge on any atom is 0.338 e. The average molecular weight is 315 g/mol. The quantitative estimate of drug-likeness (QED) is 0.881. The molecule has 2 heterocycles. The van der Waals surface area contributed by atoms with E-state index in [4.69, 9.17) is 4.74 Å². The van der Waals surface area contributed by atoms with Crippen LogP contribution in [-0.2, 0) is 9.53 Å². The van der Waals surface area contributed by atoms with Gasteiger partial charge >= 0.3 is 5.97 Å². The number of H-pyrrole nitrogens is 1. The summed E-state index contributed by atoms with van der Waals surface area (Å²) in [4.78, 5) is 33.2. The molecule has 0 bridgehead atoms. The monoisotopic (exact) mass is 315 g/mol. The minimum atomic E-state index is -0.493. The average Bonchev–Trinajstić information content (AvgIpc) is 2.98. The predicted octanol–water partition coefficient (Wildman–Crippen LogP) is 2.22. The third-order valence-corrected chi connectivity index (χ3v) is 4.20. The molecule has 2 atom stereocenters. The van der Waals surface area contributed by atoms with Crippen LogP contribution in [0.15, 0.2) is 24.5 Å². The summed E-state index contributed by atoms with van der Waals surface area (Å²) in [6, 6.07) is 5.08. The summed E-state index contributed by atoms with van der Waals surface area (Å²) in [7, 11) is 0. The molecule has 2 aromatic rings. The van der Waals surface area contributed by atoms with E-state index in [-0.39, 0.29) is 12.5 Å². The van der Waals surface area contributed by atoms with Crippen molar-refractivity contribution in [2.75, 3.05) is 19.7 Å². The van der Waals surface area contributed by atoms with E-state index in [1.165, 1.54) is 0 Å². The van der Waals surface area contributed by atoms with Crippen molar-refractivity contribution in [2.45, 2.75) is 20.3 Å². The molecule has 1 aliphatic heterocycles. The predicted molar refractivity (Wildman–Crippen MR) is 85.9 cm³/mol. The molecular weight excluding hydrogens is 294 g/mol. The van der Waals surface area contributed by atoms with Crippen molar-refractivity contribution < 1.29 is 14.3 Å². The number of aromatic nitrogens is 2. The molecule has 6 nitrogen and oxygen atoms in total. The van der Waals surface area contributed by atoms with Crippen LogP contribution in [-0.4, -0.2) is 46.4 Å². The highest BCUT2D eigenvalue weighted by Gasteiger charge is 2.26. The molecule has 1 amide bonds. The highest BCUT2D eigenvalue weighted by atomic mass is 16.5. The van der Waals surface area contributed by atoms with Crippen LogP contribution in [0.25, 0.3) is 11.0 Å². The van der Waals surface area contributed by atoms with Gasteiger partial charge in [-0.15, -0.1) is 0 Å². The topological polar surface area (TPSA) is 75.3 Å². The molecule has 3 rings (SSSR count). The number of esters is 1. The first kappa shape index (κ1) is 15.5. The number of rotatable bonds is 3. The molecule has 23 heavy (non-hydrogen) atoms. The van der Waals surface area contributed by atoms with E-state index in [0.717, 1.165) is 30.5 Å². The van der Waals surface area contributed by atoms with Gasteiger partial charge in [0.2, 0.25) is 0 Å². The van der Waals surface area contributed by atoms with Gasteiger partial charge in [-0.25, -0.2) is 9.78 Å². The Labute approximate surface area is 134 Å². The molecule has 2 unspecified atom stereocenters. The van der Waals surface area contributed by atoms with Crippen LogP contribution in [0.4, 0.5) is 0 Å². The summed E-state index contributed by atoms with van der Waals surface area (Å²) in [5.74, 6) is 0.356. The molecule has 0 saturated carbocycles. The first-order valence-corrected chi connectivity index (χ1v) is 7.91. The Morgan fingerprint density at radius 3 is 2.78 bits per heavy atom. The molecule has 0 radical (unpaired) electrons. The number of benzene rings is 1. The second-order valence-electron chi connectivity index (χ2n) is 6.46. The Kier molecular flexibility index (Phi) is 4.32. The van der Waals surface area contributed by atoms with Gasteiger partial charge in [0.1, 0.15) is 0 Å². The van der Waals surface area contributed by atoms with Crippen molar-refractivity contribution in [3.63, 3.8) is 0 Å². The van der Waals surface area contributed by atoms with Gasteiger partial charge in [-0.3, -0.25) is 4.79 Å². The second-order valence-corrected chi connectivity index (χ2v) is 6.46. The fraction of sp³-hybridized carbons (Fsp3) is 0.471. The number of ether oxygens (including phenoxy) is 1. The third kappa shape index (κ3) is 3.52. The first-order chi connectivity index (χ1) is 11.0. The molecule has 1 aliphatic rings. The van der Waals surface area contributed by atoms with Gasteiger partial charge in [-0.2, -0.15) is 0 Å². The van der Waals surface area contributed by atoms with Crippen LogP contribution in [0, 0.1) is 11.8 Å². The molecule has 6 heteroatoms. The summed E-state index contributed by atoms with van der Waals surface area (Å²) in [5.41, 5.74) is 1.97. The largest absolute Gasteiger partial charge is 0.452 e. The van der Waals surface area contributed by atoms with Crippen molar-refractivity contribution in [2.24, 2.45) is 11.8 Å². The minimum absolute atomic E-state index is 0.126. The molecule has 1 fully saturated rings. The molecule has 1 aromatic heterocycles. The fourth-order valence-electron chi connectivity index (χ4n) is 3.23. The van der Waals surface area contributed by atoms with Crippen LogP contribution in [0.2, 0.25) is 0 Å². The van der Waals surface area contributed by atoms with E-state index < -0.39 is 5.97 Å². The molecule has 1 saturated heterocycles. The van der Waals surface area contributed by atoms with Crippen LogP contribution >= 0.6 is 0 Å². The molecule has 1 N–H and O–H groups in total. The summed E-state index contributed by atoms with van der Waals surface area (Å²) in [6.07, 6.45) is 2.70. The van der Waals surface area contributed by atoms with E-state index in [2.05, 4.69) is 23.8 Å². The lowest BCUT2D eigenvalue weighted by molar-refractivity contribution is -0.137. The van der Waals surface area contributed by atoms with Crippen molar-refractivity contribution in [1.82, 2.24) is 14.9 Å². The standard InChI is InChI=1S/C17H21N3O3/c1-11-5-12(2)8-20(7-11)16(21)9-23-17(22)13-3-4-14-15(6-13)19-10-18-14/h3-4,6,10-12H,5,7-9H2,1-2H3,(H,18,19). The zero-order valence-corrected chi connectivity index (χ0v) is 13.4. The lowest BCUT2D eigenvalue weighted by Gasteiger charge is -2.34. The Balaban J connectivity index is 1.58. The number of hydrogen-bond donors (Lipinski definition) is 1. The van der Waals surface area contributed by atoms with Crippen LogP contribution < -0.4 is 0 Å². The Morgan fingerprint density at radius 1 is 1.30 bits per heavy atom. The maximum atomic E-state index is 12.2. The molecular formula is C17H21N3O3. The molecule has 0 aliphatic carbocycles. The Morgan fingerprint density at radius 2 is 2.04 bits per heavy atom. The van der Waals surface area contributed by atoms with E-state index in [9.17, 15) is 9.59 Å². The van der Waals surface area contributed by atoms with Crippen molar-refractivity contribution in [3.8, 4) is 0 Å². The highest BCUT2D eigenvalue weighted by Crippen LogP contribution is 2.21. The zero-order valence-electron chi connectivity index (χ0n) is 13.4. The number of amides is 1. The van der Waals surface area contributed by atoms with Gasteiger partial charge in [0.15, 0.2) is 6.61 Å². The molecule has 1 aromatic carbocycles. The number of hydrogen-bond acceptors (Lipinski definition) is 4. The summed E-state index contributed by atoms with van der Waals surface area (Å²) in [6.45, 7) is 5.55. The van der Waals surface area contributed by atoms with Crippen molar-refractivity contribution in [3.05, 3.63) is 30.1 Å². The van der Waals surface area contributed by atoms with Gasteiger partial charge in [0, 0.05) is 13.1 Å². The van der Waals surface area contributed by atoms with Gasteiger partial charge in [0.25, 0.3) is 5.91 Å². The van der Waals surface area contributed by atoms with Gasteiger partial charge in [0.05, 0.1) is 22.9 Å². The SMILES string of the molecule is CC1CC(C)CN(C(=O)COC(=O)c2ccc3nc[nH]c3c2)C1. The summed E-state index contributed by atoms with van der Waals surface area (Å²) >= 11 is 0. The Bertz CT molecular complexity index is 715. The summed E-state index contributed by atoms with van der Waals surface area (Å²) in [5, 5.41) is 0. The van der Waals surface area contributed by atoms with E-state index in [1.54, 1.807) is 29.4 Å². The summed E-state index contributed by atoms with van der Waals surface area (Å²) < 4.78 is 5.17. The minimum Gasteiger partial charge on any atom is -0.452 e. The first-order valence-electron chi connectivity index (χ1n) is 7.91. The van der Waals surface area contributed by atoms with E-state index >= 15 is 0 Å². The van der Waals surface area contributed by atoms with Crippen molar-refractivity contribution in [1.29, 1.82) is 0 Å². The van der Waals surface area contributed by atoms with E-state index in [0.29, 0.717) is 17.4 Å². The number of carbonyl (C=O) groups is 2. The van der Waals surface area contributed by atoms with E-state index in [1.807, 2.05) is 0 Å². The third-order valence-electron chi connectivity index (χ3n) is 4.20. The lowest BCUT2D eigenvalue weighted by atomic mass is 9.92. The van der Waals surface area contributed by atoms with Crippen LogP contribution in [0.3, 0.4) is 0 Å². The normalized spacial score (nSPS) is 21.4. The number of piperidine rings is 1. The number of fused-ring (bicyclic) bond motifs is 1. The second kappa shape index (κ2) is 6.40. The van der Waals surface area contributed by atoms with Crippen LogP contribution in [0.5, 0.6) is 0 Å². The smallest absolute Gasteiger partial charge is 0.338 e. The van der Waals surface area contributed by atoms with Crippen molar-refractivity contribution >= 4 is 22.9 Å². The maximum absolute atomic E-state index is 12.2.